The van der Waals surface area contributed by atoms with Gasteiger partial charge in [0.15, 0.2) is 0 Å². The minimum Gasteiger partial charge on any atom is -0.481 e. The Balaban J connectivity index is 2.25. The number of aliphatic carboxylic acids is 1. The number of nitrogens with zero attached hydrogens (tertiary/aromatic N) is 1. The maximum Gasteiger partial charge on any atom is 0.311 e. The molecular weight excluding hydrogens is 313 g/mol. The fourth-order valence-electron chi connectivity index (χ4n) is 2.73. The molecule has 1 unspecified atom stereocenters. The Morgan fingerprint density at radius 1 is 1.33 bits per heavy atom. The van der Waals surface area contributed by atoms with Crippen molar-refractivity contribution in [3.8, 4) is 0 Å². The Labute approximate surface area is 133 Å². The Bertz CT molecular complexity index is 588. The molecule has 1 fully saturated rings. The second-order valence-corrected chi connectivity index (χ2v) is 6.56. The first kappa shape index (κ1) is 16.1. The van der Waals surface area contributed by atoms with Crippen molar-refractivity contribution in [2.24, 2.45) is 11.3 Å². The molecule has 0 spiro atoms. The van der Waals surface area contributed by atoms with Crippen LogP contribution in [0.2, 0.25) is 10.0 Å². The zero-order valence-corrected chi connectivity index (χ0v) is 13.4. The highest BCUT2D eigenvalue weighted by atomic mass is 35.5. The van der Waals surface area contributed by atoms with Crippen molar-refractivity contribution in [2.75, 3.05) is 13.1 Å². The predicted molar refractivity (Wildman–Crippen MR) is 81.9 cm³/mol. The normalized spacial score (nSPS) is 21.9. The summed E-state index contributed by atoms with van der Waals surface area (Å²) in [4.78, 5) is 25.7. The first-order valence-corrected chi connectivity index (χ1v) is 7.51. The molecule has 6 heteroatoms. The number of carbonyl (C=O) groups excluding carboxylic acids is 1. The smallest absolute Gasteiger partial charge is 0.311 e. The van der Waals surface area contributed by atoms with Crippen molar-refractivity contribution in [2.45, 2.75) is 20.3 Å². The van der Waals surface area contributed by atoms with E-state index in [1.807, 2.05) is 13.8 Å². The van der Waals surface area contributed by atoms with Gasteiger partial charge in [0.1, 0.15) is 0 Å². The van der Waals surface area contributed by atoms with Crippen molar-refractivity contribution in [1.29, 1.82) is 0 Å². The molecule has 2 rings (SSSR count). The van der Waals surface area contributed by atoms with Crippen LogP contribution >= 0.6 is 23.2 Å². The Hall–Kier alpha value is -1.26. The number of likely N-dealkylation sites (tertiary alicyclic amines) is 1. The third kappa shape index (κ3) is 2.87. The van der Waals surface area contributed by atoms with E-state index in [0.29, 0.717) is 23.6 Å². The molecule has 1 heterocycles. The molecule has 0 radical (unpaired) electrons. The van der Waals surface area contributed by atoms with Crippen LogP contribution in [0.1, 0.15) is 30.6 Å². The Kier molecular flexibility index (Phi) is 4.49. The van der Waals surface area contributed by atoms with Crippen molar-refractivity contribution in [1.82, 2.24) is 4.90 Å². The molecule has 1 aromatic carbocycles. The van der Waals surface area contributed by atoms with E-state index in [4.69, 9.17) is 23.2 Å². The molecule has 1 aliphatic heterocycles. The summed E-state index contributed by atoms with van der Waals surface area (Å²) in [6.45, 7) is 4.37. The summed E-state index contributed by atoms with van der Waals surface area (Å²) >= 11 is 11.9. The SMILES string of the molecule is CC(C)C1(C(=O)O)CCN(C(=O)c2ccc(Cl)cc2Cl)C1. The van der Waals surface area contributed by atoms with Crippen molar-refractivity contribution >= 4 is 35.1 Å². The minimum atomic E-state index is -0.880. The molecule has 1 saturated heterocycles. The van der Waals surface area contributed by atoms with Crippen LogP contribution in [0.15, 0.2) is 18.2 Å². The number of carboxylic acid groups (broad SMARTS) is 1. The molecule has 1 amide bonds. The molecule has 0 aliphatic carbocycles. The lowest BCUT2D eigenvalue weighted by Crippen LogP contribution is -2.40. The highest BCUT2D eigenvalue weighted by molar-refractivity contribution is 6.36. The summed E-state index contributed by atoms with van der Waals surface area (Å²) in [5.41, 5.74) is -0.528. The number of amides is 1. The van der Waals surface area contributed by atoms with Gasteiger partial charge in [0.05, 0.1) is 16.0 Å². The highest BCUT2D eigenvalue weighted by Gasteiger charge is 2.48. The fraction of sp³-hybridized carbons (Fsp3) is 0.467. The molecule has 1 aliphatic rings. The van der Waals surface area contributed by atoms with E-state index in [1.54, 1.807) is 17.0 Å². The maximum absolute atomic E-state index is 12.5. The Morgan fingerprint density at radius 2 is 2.00 bits per heavy atom. The van der Waals surface area contributed by atoms with Gasteiger partial charge in [-0.3, -0.25) is 9.59 Å². The monoisotopic (exact) mass is 329 g/mol. The molecule has 1 atom stereocenters. The van der Waals surface area contributed by atoms with Crippen molar-refractivity contribution in [3.63, 3.8) is 0 Å². The van der Waals surface area contributed by atoms with Gasteiger partial charge in [-0.2, -0.15) is 0 Å². The molecule has 114 valence electrons. The number of carbonyl (C=O) groups is 2. The van der Waals surface area contributed by atoms with Crippen LogP contribution in [0.3, 0.4) is 0 Å². The van der Waals surface area contributed by atoms with Crippen LogP contribution in [0.4, 0.5) is 0 Å². The van der Waals surface area contributed by atoms with Gasteiger partial charge in [0.25, 0.3) is 5.91 Å². The lowest BCUT2D eigenvalue weighted by atomic mass is 9.76. The number of benzene rings is 1. The summed E-state index contributed by atoms with van der Waals surface area (Å²) in [6.07, 6.45) is 0.455. The topological polar surface area (TPSA) is 57.6 Å². The average molecular weight is 330 g/mol. The van der Waals surface area contributed by atoms with Crippen molar-refractivity contribution in [3.05, 3.63) is 33.8 Å². The van der Waals surface area contributed by atoms with Gasteiger partial charge in [-0.15, -0.1) is 0 Å². The van der Waals surface area contributed by atoms with Crippen LogP contribution in [-0.4, -0.2) is 35.0 Å². The van der Waals surface area contributed by atoms with Crippen molar-refractivity contribution < 1.29 is 14.7 Å². The van der Waals surface area contributed by atoms with E-state index in [0.717, 1.165) is 0 Å². The average Bonchev–Trinajstić information content (AvgIpc) is 2.84. The lowest BCUT2D eigenvalue weighted by Gasteiger charge is -2.28. The molecule has 21 heavy (non-hydrogen) atoms. The minimum absolute atomic E-state index is 0.0477. The molecular formula is C15H17Cl2NO3. The summed E-state index contributed by atoms with van der Waals surface area (Å²) in [6, 6.07) is 4.69. The van der Waals surface area contributed by atoms with Crippen LogP contribution in [0.5, 0.6) is 0 Å². The van der Waals surface area contributed by atoms with Crippen LogP contribution in [0, 0.1) is 11.3 Å². The van der Waals surface area contributed by atoms with Gasteiger partial charge in [-0.25, -0.2) is 0 Å². The van der Waals surface area contributed by atoms with E-state index in [-0.39, 0.29) is 23.4 Å². The first-order valence-electron chi connectivity index (χ1n) is 6.75. The van der Waals surface area contributed by atoms with E-state index in [2.05, 4.69) is 0 Å². The molecule has 0 bridgehead atoms. The predicted octanol–water partition coefficient (Wildman–Crippen LogP) is 3.57. The summed E-state index contributed by atoms with van der Waals surface area (Å²) in [7, 11) is 0. The number of hydrogen-bond donors (Lipinski definition) is 1. The van der Waals surface area contributed by atoms with E-state index >= 15 is 0 Å². The quantitative estimate of drug-likeness (QED) is 0.922. The van der Waals surface area contributed by atoms with E-state index < -0.39 is 11.4 Å². The van der Waals surface area contributed by atoms with Gasteiger partial charge in [-0.05, 0) is 30.5 Å². The zero-order valence-electron chi connectivity index (χ0n) is 11.9. The molecule has 0 saturated carbocycles. The van der Waals surface area contributed by atoms with Gasteiger partial charge >= 0.3 is 5.97 Å². The van der Waals surface area contributed by atoms with E-state index in [1.165, 1.54) is 6.07 Å². The van der Waals surface area contributed by atoms with Crippen LogP contribution in [-0.2, 0) is 4.79 Å². The largest absolute Gasteiger partial charge is 0.481 e. The second kappa shape index (κ2) is 5.85. The van der Waals surface area contributed by atoms with Gasteiger partial charge in [0, 0.05) is 18.1 Å². The Morgan fingerprint density at radius 3 is 2.48 bits per heavy atom. The fourth-order valence-corrected chi connectivity index (χ4v) is 3.22. The van der Waals surface area contributed by atoms with Gasteiger partial charge < -0.3 is 10.0 Å². The zero-order chi connectivity index (χ0) is 15.8. The number of carboxylic acids is 1. The molecule has 4 nitrogen and oxygen atoms in total. The molecule has 1 aromatic rings. The molecule has 1 N–H and O–H groups in total. The van der Waals surface area contributed by atoms with Gasteiger partial charge in [-0.1, -0.05) is 37.0 Å². The summed E-state index contributed by atoms with van der Waals surface area (Å²) < 4.78 is 0. The van der Waals surface area contributed by atoms with Crippen LogP contribution in [0.25, 0.3) is 0 Å². The third-order valence-corrected chi connectivity index (χ3v) is 4.83. The maximum atomic E-state index is 12.5. The van der Waals surface area contributed by atoms with Gasteiger partial charge in [0.2, 0.25) is 0 Å². The van der Waals surface area contributed by atoms with Crippen LogP contribution < -0.4 is 0 Å². The first-order chi connectivity index (χ1) is 9.78. The number of halogens is 2. The highest BCUT2D eigenvalue weighted by Crippen LogP contribution is 2.39. The lowest BCUT2D eigenvalue weighted by molar-refractivity contribution is -0.150. The van der Waals surface area contributed by atoms with E-state index in [9.17, 15) is 14.7 Å². The second-order valence-electron chi connectivity index (χ2n) is 5.72. The summed E-state index contributed by atoms with van der Waals surface area (Å²) in [5.74, 6) is -1.15. The molecule has 0 aromatic heterocycles. The standard InChI is InChI=1S/C15H17Cl2NO3/c1-9(2)15(14(20)21)5-6-18(8-15)13(19)11-4-3-10(16)7-12(11)17/h3-4,7,9H,5-6,8H2,1-2H3,(H,20,21). The third-order valence-electron chi connectivity index (χ3n) is 4.28. The number of hydrogen-bond acceptors (Lipinski definition) is 2. The number of rotatable bonds is 3. The summed E-state index contributed by atoms with van der Waals surface area (Å²) in [5, 5.41) is 10.3.